The minimum atomic E-state index is -0.663. The summed E-state index contributed by atoms with van der Waals surface area (Å²) in [4.78, 5) is 11.4. The lowest BCUT2D eigenvalue weighted by Crippen LogP contribution is -2.53. The molecule has 1 heterocycles. The zero-order chi connectivity index (χ0) is 9.03. The number of rotatable bonds is 2. The summed E-state index contributed by atoms with van der Waals surface area (Å²) in [6.07, 6.45) is 9.11. The van der Waals surface area contributed by atoms with E-state index >= 15 is 0 Å². The van der Waals surface area contributed by atoms with E-state index in [1.165, 1.54) is 0 Å². The van der Waals surface area contributed by atoms with E-state index in [-0.39, 0.29) is 5.91 Å². The number of hydrogen-bond donors (Lipinski definition) is 2. The summed E-state index contributed by atoms with van der Waals surface area (Å²) in [7, 11) is 1.63. The smallest absolute Gasteiger partial charge is 0.249 e. The monoisotopic (exact) mass is 165 g/mol. The molecule has 0 aromatic heterocycles. The van der Waals surface area contributed by atoms with E-state index in [0.717, 1.165) is 0 Å². The number of amides is 1. The van der Waals surface area contributed by atoms with Gasteiger partial charge in [0.15, 0.2) is 0 Å². The molecule has 1 unspecified atom stereocenters. The molecule has 0 bridgehead atoms. The Bertz CT molecular complexity index is 233. The molecule has 0 spiro atoms. The highest BCUT2D eigenvalue weighted by molar-refractivity contribution is 5.90. The fourth-order valence-electron chi connectivity index (χ4n) is 1.16. The van der Waals surface area contributed by atoms with Gasteiger partial charge in [-0.15, -0.1) is 0 Å². The van der Waals surface area contributed by atoms with Crippen molar-refractivity contribution in [3.05, 3.63) is 30.8 Å². The summed E-state index contributed by atoms with van der Waals surface area (Å²) in [6, 6.07) is 0. The Kier molecular flexibility index (Phi) is 2.53. The molecule has 1 atom stereocenters. The summed E-state index contributed by atoms with van der Waals surface area (Å²) in [5, 5.41) is 5.61. The number of likely N-dealkylation sites (N-methyl/N-ethyl adjacent to an activating group) is 1. The molecule has 1 aliphatic heterocycles. The van der Waals surface area contributed by atoms with Crippen LogP contribution in [0.4, 0.5) is 0 Å². The Labute approximate surface area is 72.5 Å². The quantitative estimate of drug-likeness (QED) is 0.620. The second kappa shape index (κ2) is 3.43. The molecule has 1 amide bonds. The lowest BCUT2D eigenvalue weighted by molar-refractivity contribution is -0.124. The van der Waals surface area contributed by atoms with Crippen molar-refractivity contribution in [2.45, 2.75) is 12.5 Å². The summed E-state index contributed by atoms with van der Waals surface area (Å²) >= 11 is 0. The maximum Gasteiger partial charge on any atom is 0.249 e. The van der Waals surface area contributed by atoms with Crippen molar-refractivity contribution in [2.24, 2.45) is 0 Å². The number of hydrogen-bond acceptors (Lipinski definition) is 2. The normalized spacial score (nSPS) is 26.5. The molecular formula is C9H13N2O. The minimum absolute atomic E-state index is 0.0504. The highest BCUT2D eigenvalue weighted by Gasteiger charge is 2.32. The molecule has 2 N–H and O–H groups in total. The molecule has 0 fully saturated rings. The van der Waals surface area contributed by atoms with Crippen LogP contribution in [-0.2, 0) is 4.79 Å². The number of carbonyl (C=O) groups is 1. The SMILES string of the molecule is C[CH]C1(C(=O)NC)C=CC=CN1. The van der Waals surface area contributed by atoms with Crippen LogP contribution in [0.2, 0.25) is 0 Å². The standard InChI is InChI=1S/C9H13N2O/c1-3-9(8(12)10-2)6-4-5-7-11-9/h3-7,11H,1-2H3,(H,10,12). The van der Waals surface area contributed by atoms with E-state index in [9.17, 15) is 4.79 Å². The van der Waals surface area contributed by atoms with Crippen molar-refractivity contribution >= 4 is 5.91 Å². The fourth-order valence-corrected chi connectivity index (χ4v) is 1.16. The van der Waals surface area contributed by atoms with Gasteiger partial charge in [0.1, 0.15) is 5.54 Å². The Hall–Kier alpha value is -1.25. The second-order valence-corrected chi connectivity index (χ2v) is 2.60. The number of carbonyl (C=O) groups excluding carboxylic acids is 1. The first-order valence-electron chi connectivity index (χ1n) is 3.90. The second-order valence-electron chi connectivity index (χ2n) is 2.60. The Morgan fingerprint density at radius 1 is 1.58 bits per heavy atom. The van der Waals surface area contributed by atoms with Gasteiger partial charge in [0.25, 0.3) is 0 Å². The van der Waals surface area contributed by atoms with Gasteiger partial charge in [0.2, 0.25) is 5.91 Å². The van der Waals surface area contributed by atoms with Crippen LogP contribution in [0.1, 0.15) is 6.92 Å². The number of nitrogens with one attached hydrogen (secondary N) is 2. The third-order valence-corrected chi connectivity index (χ3v) is 1.95. The summed E-state index contributed by atoms with van der Waals surface area (Å²) in [6.45, 7) is 1.85. The van der Waals surface area contributed by atoms with Crippen LogP contribution in [0.3, 0.4) is 0 Å². The van der Waals surface area contributed by atoms with Gasteiger partial charge in [0.05, 0.1) is 0 Å². The molecule has 1 radical (unpaired) electrons. The predicted octanol–water partition coefficient (Wildman–Crippen LogP) is 0.368. The lowest BCUT2D eigenvalue weighted by atomic mass is 9.93. The van der Waals surface area contributed by atoms with E-state index in [0.29, 0.717) is 0 Å². The molecular weight excluding hydrogens is 152 g/mol. The van der Waals surface area contributed by atoms with Crippen LogP contribution >= 0.6 is 0 Å². The van der Waals surface area contributed by atoms with Gasteiger partial charge in [0, 0.05) is 7.05 Å². The molecule has 1 aliphatic rings. The zero-order valence-electron chi connectivity index (χ0n) is 7.29. The van der Waals surface area contributed by atoms with Gasteiger partial charge in [-0.3, -0.25) is 4.79 Å². The van der Waals surface area contributed by atoms with Crippen LogP contribution < -0.4 is 10.6 Å². The number of dihydropyridines is 1. The first kappa shape index (κ1) is 8.84. The average molecular weight is 165 g/mol. The van der Waals surface area contributed by atoms with E-state index in [1.54, 1.807) is 13.2 Å². The third-order valence-electron chi connectivity index (χ3n) is 1.95. The van der Waals surface area contributed by atoms with Crippen molar-refractivity contribution in [3.63, 3.8) is 0 Å². The average Bonchev–Trinajstić information content (AvgIpc) is 2.17. The first-order chi connectivity index (χ1) is 5.75. The lowest BCUT2D eigenvalue weighted by Gasteiger charge is -2.29. The minimum Gasteiger partial charge on any atom is -0.374 e. The van der Waals surface area contributed by atoms with Crippen LogP contribution in [-0.4, -0.2) is 18.5 Å². The van der Waals surface area contributed by atoms with Crippen molar-refractivity contribution in [2.75, 3.05) is 7.05 Å². The Morgan fingerprint density at radius 3 is 2.75 bits per heavy atom. The summed E-state index contributed by atoms with van der Waals surface area (Å²) < 4.78 is 0. The predicted molar refractivity (Wildman–Crippen MR) is 48.2 cm³/mol. The molecule has 0 aromatic carbocycles. The first-order valence-corrected chi connectivity index (χ1v) is 3.90. The maximum absolute atomic E-state index is 11.4. The largest absolute Gasteiger partial charge is 0.374 e. The van der Waals surface area contributed by atoms with Gasteiger partial charge >= 0.3 is 0 Å². The highest BCUT2D eigenvalue weighted by Crippen LogP contribution is 2.14. The molecule has 3 heteroatoms. The van der Waals surface area contributed by atoms with Crippen LogP contribution in [0, 0.1) is 6.42 Å². The summed E-state index contributed by atoms with van der Waals surface area (Å²) in [5.41, 5.74) is -0.663. The van der Waals surface area contributed by atoms with Crippen LogP contribution in [0.15, 0.2) is 24.4 Å². The topological polar surface area (TPSA) is 41.1 Å². The molecule has 65 valence electrons. The van der Waals surface area contributed by atoms with Crippen molar-refractivity contribution in [1.29, 1.82) is 0 Å². The molecule has 12 heavy (non-hydrogen) atoms. The maximum atomic E-state index is 11.4. The van der Waals surface area contributed by atoms with E-state index in [2.05, 4.69) is 10.6 Å². The van der Waals surface area contributed by atoms with Crippen molar-refractivity contribution in [1.82, 2.24) is 10.6 Å². The summed E-state index contributed by atoms with van der Waals surface area (Å²) in [5.74, 6) is -0.0504. The third kappa shape index (κ3) is 1.35. The fraction of sp³-hybridized carbons (Fsp3) is 0.333. The van der Waals surface area contributed by atoms with Crippen molar-refractivity contribution in [3.8, 4) is 0 Å². The van der Waals surface area contributed by atoms with Crippen LogP contribution in [0.5, 0.6) is 0 Å². The molecule has 1 rings (SSSR count). The van der Waals surface area contributed by atoms with Crippen LogP contribution in [0.25, 0.3) is 0 Å². The Balaban J connectivity index is 2.83. The van der Waals surface area contributed by atoms with E-state index < -0.39 is 5.54 Å². The van der Waals surface area contributed by atoms with Gasteiger partial charge in [-0.2, -0.15) is 0 Å². The van der Waals surface area contributed by atoms with E-state index in [1.807, 2.05) is 31.6 Å². The molecule has 3 nitrogen and oxygen atoms in total. The molecule has 0 aromatic rings. The highest BCUT2D eigenvalue weighted by atomic mass is 16.2. The number of allylic oxidation sites excluding steroid dienone is 2. The van der Waals surface area contributed by atoms with Gasteiger partial charge < -0.3 is 10.6 Å². The van der Waals surface area contributed by atoms with Crippen molar-refractivity contribution < 1.29 is 4.79 Å². The van der Waals surface area contributed by atoms with Gasteiger partial charge in [-0.05, 0) is 24.8 Å². The molecule has 0 saturated heterocycles. The van der Waals surface area contributed by atoms with Gasteiger partial charge in [-0.1, -0.05) is 13.0 Å². The van der Waals surface area contributed by atoms with E-state index in [4.69, 9.17) is 0 Å². The Morgan fingerprint density at radius 2 is 2.33 bits per heavy atom. The molecule has 0 aliphatic carbocycles. The van der Waals surface area contributed by atoms with Gasteiger partial charge in [-0.25, -0.2) is 0 Å². The zero-order valence-corrected chi connectivity index (χ0v) is 7.29. The molecule has 0 saturated carbocycles.